The molecule has 0 aliphatic carbocycles. The summed E-state index contributed by atoms with van der Waals surface area (Å²) >= 11 is 5.88. The Labute approximate surface area is 124 Å². The fourth-order valence-corrected chi connectivity index (χ4v) is 2.28. The van der Waals surface area contributed by atoms with E-state index in [0.717, 1.165) is 32.5 Å². The Morgan fingerprint density at radius 1 is 1.37 bits per heavy atom. The van der Waals surface area contributed by atoms with Crippen molar-refractivity contribution in [3.8, 4) is 5.75 Å². The fraction of sp³-hybridized carbons (Fsp3) is 0.538. The number of ether oxygens (including phenoxy) is 1. The van der Waals surface area contributed by atoms with Crippen molar-refractivity contribution in [3.05, 3.63) is 29.0 Å². The smallest absolute Gasteiger partial charge is 0.138 e. The van der Waals surface area contributed by atoms with Crippen LogP contribution in [0.25, 0.3) is 0 Å². The van der Waals surface area contributed by atoms with Gasteiger partial charge in [0, 0.05) is 12.6 Å². The van der Waals surface area contributed by atoms with Gasteiger partial charge in [-0.2, -0.15) is 0 Å². The molecule has 1 aromatic carbocycles. The second kappa shape index (κ2) is 7.90. The van der Waals surface area contributed by atoms with E-state index in [-0.39, 0.29) is 18.2 Å². The highest BCUT2D eigenvalue weighted by atomic mass is 35.5. The van der Waals surface area contributed by atoms with E-state index in [9.17, 15) is 4.39 Å². The Balaban J connectivity index is 0.00000180. The first-order valence-corrected chi connectivity index (χ1v) is 6.59. The molecule has 1 fully saturated rings. The molecule has 19 heavy (non-hydrogen) atoms. The zero-order valence-corrected chi connectivity index (χ0v) is 12.2. The van der Waals surface area contributed by atoms with Crippen LogP contribution in [0, 0.1) is 5.82 Å². The molecule has 0 unspecified atom stereocenters. The lowest BCUT2D eigenvalue weighted by atomic mass is 10.1. The molecule has 0 saturated carbocycles. The molecule has 0 atom stereocenters. The van der Waals surface area contributed by atoms with Crippen molar-refractivity contribution in [2.24, 2.45) is 5.73 Å². The van der Waals surface area contributed by atoms with Crippen LogP contribution in [-0.2, 0) is 0 Å². The van der Waals surface area contributed by atoms with Gasteiger partial charge in [-0.15, -0.1) is 12.4 Å². The maximum atomic E-state index is 12.8. The van der Waals surface area contributed by atoms with Crippen LogP contribution >= 0.6 is 24.0 Å². The first-order valence-electron chi connectivity index (χ1n) is 6.21. The van der Waals surface area contributed by atoms with E-state index in [1.54, 1.807) is 6.07 Å². The third-order valence-corrected chi connectivity index (χ3v) is 3.49. The minimum atomic E-state index is -0.350. The number of piperidine rings is 1. The van der Waals surface area contributed by atoms with Gasteiger partial charge in [-0.3, -0.25) is 4.90 Å². The summed E-state index contributed by atoms with van der Waals surface area (Å²) in [7, 11) is 0. The lowest BCUT2D eigenvalue weighted by molar-refractivity contribution is 0.174. The average Bonchev–Trinajstić information content (AvgIpc) is 2.34. The highest BCUT2D eigenvalue weighted by Gasteiger charge is 2.15. The van der Waals surface area contributed by atoms with Crippen molar-refractivity contribution < 1.29 is 9.13 Å². The number of benzene rings is 1. The van der Waals surface area contributed by atoms with Crippen LogP contribution in [0.3, 0.4) is 0 Å². The van der Waals surface area contributed by atoms with Crippen LogP contribution in [0.15, 0.2) is 18.2 Å². The second-order valence-corrected chi connectivity index (χ2v) is 5.01. The molecule has 0 bridgehead atoms. The van der Waals surface area contributed by atoms with Gasteiger partial charge in [-0.05, 0) is 44.1 Å². The number of nitrogens with two attached hydrogens (primary N) is 1. The molecule has 0 amide bonds. The molecule has 0 radical (unpaired) electrons. The Hall–Kier alpha value is -0.550. The highest BCUT2D eigenvalue weighted by molar-refractivity contribution is 6.32. The molecule has 6 heteroatoms. The van der Waals surface area contributed by atoms with Crippen molar-refractivity contribution in [1.29, 1.82) is 0 Å². The van der Waals surface area contributed by atoms with Crippen molar-refractivity contribution in [1.82, 2.24) is 4.90 Å². The van der Waals surface area contributed by atoms with Crippen molar-refractivity contribution in [3.63, 3.8) is 0 Å². The standard InChI is InChI=1S/C13H18ClFN2O.ClH/c14-12-9-10(15)1-2-13(12)18-8-7-17-5-3-11(16)4-6-17;/h1-2,9,11H,3-8,16H2;1H. The number of hydrogen-bond acceptors (Lipinski definition) is 3. The molecule has 1 aliphatic heterocycles. The molecule has 1 saturated heterocycles. The van der Waals surface area contributed by atoms with Gasteiger partial charge in [0.25, 0.3) is 0 Å². The van der Waals surface area contributed by atoms with Crippen LogP contribution in [0.2, 0.25) is 5.02 Å². The Bertz CT molecular complexity index is 398. The maximum absolute atomic E-state index is 12.8. The first kappa shape index (κ1) is 16.5. The molecule has 0 aromatic heterocycles. The van der Waals surface area contributed by atoms with Crippen LogP contribution in [0.4, 0.5) is 4.39 Å². The van der Waals surface area contributed by atoms with E-state index in [1.165, 1.54) is 12.1 Å². The normalized spacial score (nSPS) is 17.0. The first-order chi connectivity index (χ1) is 8.65. The van der Waals surface area contributed by atoms with Crippen LogP contribution in [-0.4, -0.2) is 37.2 Å². The third-order valence-electron chi connectivity index (χ3n) is 3.19. The highest BCUT2D eigenvalue weighted by Crippen LogP contribution is 2.24. The molecule has 108 valence electrons. The van der Waals surface area contributed by atoms with E-state index < -0.39 is 0 Å². The quantitative estimate of drug-likeness (QED) is 0.929. The lowest BCUT2D eigenvalue weighted by Gasteiger charge is -2.29. The van der Waals surface area contributed by atoms with Gasteiger partial charge in [0.15, 0.2) is 0 Å². The summed E-state index contributed by atoms with van der Waals surface area (Å²) < 4.78 is 18.4. The molecular weight excluding hydrogens is 290 g/mol. The van der Waals surface area contributed by atoms with Gasteiger partial charge in [0.2, 0.25) is 0 Å². The summed E-state index contributed by atoms with van der Waals surface area (Å²) in [6.45, 7) is 3.43. The monoisotopic (exact) mass is 308 g/mol. The molecule has 1 heterocycles. The minimum absolute atomic E-state index is 0. The zero-order valence-electron chi connectivity index (χ0n) is 10.6. The molecular formula is C13H19Cl2FN2O. The van der Waals surface area contributed by atoms with E-state index in [2.05, 4.69) is 4.90 Å². The van der Waals surface area contributed by atoms with Crippen molar-refractivity contribution in [2.75, 3.05) is 26.2 Å². The van der Waals surface area contributed by atoms with Crippen molar-refractivity contribution >= 4 is 24.0 Å². The number of likely N-dealkylation sites (tertiary alicyclic amines) is 1. The SMILES string of the molecule is Cl.NC1CCN(CCOc2ccc(F)cc2Cl)CC1. The Morgan fingerprint density at radius 3 is 2.68 bits per heavy atom. The molecule has 0 spiro atoms. The maximum Gasteiger partial charge on any atom is 0.138 e. The molecule has 1 aliphatic rings. The lowest BCUT2D eigenvalue weighted by Crippen LogP contribution is -2.41. The van der Waals surface area contributed by atoms with Gasteiger partial charge in [-0.1, -0.05) is 11.6 Å². The fourth-order valence-electron chi connectivity index (χ4n) is 2.05. The second-order valence-electron chi connectivity index (χ2n) is 4.60. The number of halogens is 3. The van der Waals surface area contributed by atoms with E-state index in [1.807, 2.05) is 0 Å². The zero-order chi connectivity index (χ0) is 13.0. The number of nitrogens with zero attached hydrogens (tertiary/aromatic N) is 1. The van der Waals surface area contributed by atoms with Gasteiger partial charge in [0.1, 0.15) is 18.2 Å². The van der Waals surface area contributed by atoms with Crippen LogP contribution in [0.5, 0.6) is 5.75 Å². The van der Waals surface area contributed by atoms with Gasteiger partial charge in [0.05, 0.1) is 5.02 Å². The molecule has 2 rings (SSSR count). The Kier molecular flexibility index (Phi) is 6.86. The number of rotatable bonds is 4. The topological polar surface area (TPSA) is 38.5 Å². The Morgan fingerprint density at radius 2 is 2.05 bits per heavy atom. The number of hydrogen-bond donors (Lipinski definition) is 1. The predicted octanol–water partition coefficient (Wildman–Crippen LogP) is 2.70. The summed E-state index contributed by atoms with van der Waals surface area (Å²) in [5.74, 6) is 0.184. The summed E-state index contributed by atoms with van der Waals surface area (Å²) in [4.78, 5) is 2.32. The van der Waals surface area contributed by atoms with Gasteiger partial charge < -0.3 is 10.5 Å². The van der Waals surface area contributed by atoms with Gasteiger partial charge in [-0.25, -0.2) is 4.39 Å². The molecule has 2 N–H and O–H groups in total. The average molecular weight is 309 g/mol. The van der Waals surface area contributed by atoms with Crippen molar-refractivity contribution in [2.45, 2.75) is 18.9 Å². The largest absolute Gasteiger partial charge is 0.491 e. The minimum Gasteiger partial charge on any atom is -0.491 e. The van der Waals surface area contributed by atoms with E-state index in [4.69, 9.17) is 22.1 Å². The van der Waals surface area contributed by atoms with Gasteiger partial charge >= 0.3 is 0 Å². The third kappa shape index (κ3) is 5.15. The van der Waals surface area contributed by atoms with E-state index >= 15 is 0 Å². The summed E-state index contributed by atoms with van der Waals surface area (Å²) in [6, 6.07) is 4.51. The van der Waals surface area contributed by atoms with E-state index in [0.29, 0.717) is 23.4 Å². The van der Waals surface area contributed by atoms with Crippen LogP contribution in [0.1, 0.15) is 12.8 Å². The van der Waals surface area contributed by atoms with Crippen LogP contribution < -0.4 is 10.5 Å². The summed E-state index contributed by atoms with van der Waals surface area (Å²) in [6.07, 6.45) is 2.08. The molecule has 1 aromatic rings. The molecule has 3 nitrogen and oxygen atoms in total. The summed E-state index contributed by atoms with van der Waals surface area (Å²) in [5.41, 5.74) is 5.84. The predicted molar refractivity (Wildman–Crippen MR) is 77.8 cm³/mol. The summed E-state index contributed by atoms with van der Waals surface area (Å²) in [5, 5.41) is 0.315.